The number of benzene rings is 15. The van der Waals surface area contributed by atoms with Crippen molar-refractivity contribution in [2.24, 2.45) is 0 Å². The predicted octanol–water partition coefficient (Wildman–Crippen LogP) is 25.9. The third-order valence-corrected chi connectivity index (χ3v) is 20.4. The first-order valence-electron chi connectivity index (χ1n) is 50.4. The summed E-state index contributed by atoms with van der Waals surface area (Å²) in [7, 11) is 0. The van der Waals surface area contributed by atoms with Crippen LogP contribution in [0, 0.1) is 0 Å². The molecule has 4 heterocycles. The van der Waals surface area contributed by atoms with Gasteiger partial charge in [-0.05, 0) is 185 Å². The second-order valence-electron chi connectivity index (χ2n) is 30.1. The van der Waals surface area contributed by atoms with Gasteiger partial charge in [-0.15, -0.1) is 0 Å². The predicted molar refractivity (Wildman–Crippen MR) is 458 cm³/mol. The summed E-state index contributed by atoms with van der Waals surface area (Å²) in [4.78, 5) is 3.62. The number of anilines is 6. The molecule has 0 spiro atoms. The summed E-state index contributed by atoms with van der Waals surface area (Å²) in [6.45, 7) is 16.4. The molecule has 0 amide bonds. The zero-order valence-corrected chi connectivity index (χ0v) is 59.9. The largest absolute Gasteiger partial charge is 0.310 e. The molecule has 107 heavy (non-hydrogen) atoms. The molecule has 0 radical (unpaired) electrons. The van der Waals surface area contributed by atoms with Crippen molar-refractivity contribution in [3.8, 4) is 78.1 Å². The van der Waals surface area contributed by atoms with E-state index in [1.54, 1.807) is 4.90 Å². The third kappa shape index (κ3) is 11.0. The molecule has 0 bridgehead atoms. The average Bonchev–Trinajstić information content (AvgIpc) is 1.35. The molecule has 0 atom stereocenters. The molecule has 15 aromatic carbocycles. The van der Waals surface area contributed by atoms with E-state index >= 15 is 0 Å². The standard InChI is InChI=1S/C102H83BN4/c1-100(2,3)74-58-82(68-36-20-12-21-37-68)98(83(59-74)69-38-22-13-23-39-69)106-93-64-77(104-89-46-30-28-44-79(89)80-45-29-31-47-90(80)104)50-53-87(93)103-88-54-51-78(105-91-55-49-72(66-32-16-10-17-33-66)56-86(91)81-52-48-73(57-92(81)105)67-34-18-11-19-35-67)65-94(88)107(96-63-76(102(7,8)9)62-95(106)97(96)103)99-84(70-40-24-14-25-41-70)60-75(101(4,5)6)61-85(99)71-42-26-15-27-43-71/h10-65H,1-9H3/i10D,11D,16D,17D,18D,19D,28D,29D,30D,31D,32D,33D,34D,35D,44D,45D,46D,47D,48D,49D,50D,51D,52D,53D,54D,55D,56D,57D,64D,65D. The van der Waals surface area contributed by atoms with Crippen molar-refractivity contribution < 1.29 is 41.1 Å². The molecule has 2 aromatic heterocycles. The molecule has 4 nitrogen and oxygen atoms in total. The Morgan fingerprint density at radius 1 is 0.271 bits per heavy atom. The second-order valence-corrected chi connectivity index (χ2v) is 30.1. The van der Waals surface area contributed by atoms with E-state index in [1.165, 1.54) is 0 Å². The highest BCUT2D eigenvalue weighted by Crippen LogP contribution is 2.56. The van der Waals surface area contributed by atoms with Gasteiger partial charge < -0.3 is 18.9 Å². The van der Waals surface area contributed by atoms with E-state index in [9.17, 15) is 30.2 Å². The monoisotopic (exact) mass is 1400 g/mol. The van der Waals surface area contributed by atoms with E-state index in [4.69, 9.17) is 11.0 Å². The topological polar surface area (TPSA) is 16.3 Å². The first-order valence-corrected chi connectivity index (χ1v) is 35.4. The van der Waals surface area contributed by atoms with Crippen LogP contribution in [-0.2, 0) is 16.2 Å². The minimum Gasteiger partial charge on any atom is -0.310 e. The van der Waals surface area contributed by atoms with Gasteiger partial charge in [-0.1, -0.05) is 311 Å². The lowest BCUT2D eigenvalue weighted by atomic mass is 9.33. The van der Waals surface area contributed by atoms with Crippen LogP contribution < -0.4 is 26.2 Å². The molecular formula is C102H83BN4. The van der Waals surface area contributed by atoms with Crippen LogP contribution in [0.4, 0.5) is 34.1 Å². The maximum atomic E-state index is 12.1. The summed E-state index contributed by atoms with van der Waals surface area (Å²) < 4.78 is 301. The molecule has 2 aliphatic rings. The number of para-hydroxylation sites is 2. The molecule has 19 rings (SSSR count). The van der Waals surface area contributed by atoms with Gasteiger partial charge in [-0.3, -0.25) is 0 Å². The number of rotatable bonds is 10. The molecule has 0 N–H and O–H groups in total. The van der Waals surface area contributed by atoms with Crippen molar-refractivity contribution in [3.63, 3.8) is 0 Å². The van der Waals surface area contributed by atoms with Crippen LogP contribution in [0.3, 0.4) is 0 Å². The van der Waals surface area contributed by atoms with Crippen molar-refractivity contribution in [2.75, 3.05) is 9.80 Å². The highest BCUT2D eigenvalue weighted by molar-refractivity contribution is 7.00. The summed E-state index contributed by atoms with van der Waals surface area (Å²) in [6.07, 6.45) is 0. The third-order valence-electron chi connectivity index (χ3n) is 20.4. The Morgan fingerprint density at radius 3 is 1.03 bits per heavy atom. The number of hydrogen-bond acceptors (Lipinski definition) is 2. The summed E-state index contributed by atoms with van der Waals surface area (Å²) in [6, 6.07) is 23.2. The molecule has 17 aromatic rings. The Balaban J connectivity index is 1.10. The molecule has 0 saturated carbocycles. The van der Waals surface area contributed by atoms with Crippen LogP contribution in [0.5, 0.6) is 0 Å². The molecule has 0 unspecified atom stereocenters. The van der Waals surface area contributed by atoms with E-state index < -0.39 is 281 Å². The second kappa shape index (κ2) is 25.1. The fourth-order valence-electron chi connectivity index (χ4n) is 15.1. The fourth-order valence-corrected chi connectivity index (χ4v) is 15.1. The average molecular weight is 1410 g/mol. The van der Waals surface area contributed by atoms with Gasteiger partial charge in [0, 0.05) is 77.9 Å². The van der Waals surface area contributed by atoms with Crippen molar-refractivity contribution in [1.29, 1.82) is 0 Å². The number of fused-ring (bicyclic) bond motifs is 10. The Kier molecular flexibility index (Phi) is 9.57. The molecular weight excluding hydrogens is 1290 g/mol. The van der Waals surface area contributed by atoms with Gasteiger partial charge in [0.25, 0.3) is 6.71 Å². The summed E-state index contributed by atoms with van der Waals surface area (Å²) in [5.74, 6) is 0. The van der Waals surface area contributed by atoms with E-state index in [0.29, 0.717) is 55.8 Å². The van der Waals surface area contributed by atoms with Gasteiger partial charge in [0.1, 0.15) is 0 Å². The quantitative estimate of drug-likeness (QED) is 0.127. The van der Waals surface area contributed by atoms with Crippen LogP contribution in [0.15, 0.2) is 339 Å². The molecule has 514 valence electrons. The van der Waals surface area contributed by atoms with E-state index in [-0.39, 0.29) is 44.8 Å². The lowest BCUT2D eigenvalue weighted by Gasteiger charge is -2.47. The smallest absolute Gasteiger partial charge is 0.252 e. The Labute approximate surface area is 671 Å². The summed E-state index contributed by atoms with van der Waals surface area (Å²) in [5, 5.41) is -2.10. The van der Waals surface area contributed by atoms with Gasteiger partial charge >= 0.3 is 0 Å². The lowest BCUT2D eigenvalue weighted by molar-refractivity contribution is 0.590. The Hall–Kier alpha value is -12.4. The van der Waals surface area contributed by atoms with Crippen molar-refractivity contribution in [3.05, 3.63) is 356 Å². The molecule has 0 fully saturated rings. The molecule has 5 heteroatoms. The Bertz CT molecular complexity index is 7990. The van der Waals surface area contributed by atoms with Crippen LogP contribution >= 0.6 is 0 Å². The lowest BCUT2D eigenvalue weighted by Crippen LogP contribution is -2.61. The minimum absolute atomic E-state index is 0.185. The van der Waals surface area contributed by atoms with Crippen LogP contribution in [0.2, 0.25) is 0 Å². The zero-order chi connectivity index (χ0) is 98.7. The Morgan fingerprint density at radius 2 is 0.617 bits per heavy atom. The normalized spacial score (nSPS) is 16.8. The minimum atomic E-state index is -1.80. The first kappa shape index (κ1) is 40.7. The number of hydrogen-bond donors (Lipinski definition) is 0. The molecule has 2 aliphatic heterocycles. The van der Waals surface area contributed by atoms with Crippen molar-refractivity contribution in [1.82, 2.24) is 9.13 Å². The number of aromatic nitrogens is 2. The summed E-state index contributed by atoms with van der Waals surface area (Å²) >= 11 is 0. The SMILES string of the molecule is [2H]c1c([2H])c([2H])c(-c2c([2H])c([2H])c3c(c2[2H])c2c([2H])c([2H])c(-c4c([2H])c([2H])c([2H])c([2H])c4[2H])c([2H])c2n3-c2c([2H])c([2H])c3c(c2[2H])N(c2c(-c4ccccc4)cc(C(C)(C)C)cc2-c2ccccc2)c2cc(C(C)(C)C)cc4c2B3c2c([2H])c([2H])c(-n3c5c([2H])c([2H])c([2H])c([2H])c5c5c([2H])c([2H])c([2H])c([2H])c53)c([2H])c2N4c2c(-c3ccccc3)cc(C(C)(C)C)cc2-c2ccccc2)c([2H])c1[2H]. The summed E-state index contributed by atoms with van der Waals surface area (Å²) in [5.41, 5.74) is -2.53. The zero-order valence-electron chi connectivity index (χ0n) is 89.9. The maximum absolute atomic E-state index is 12.1. The van der Waals surface area contributed by atoms with E-state index in [2.05, 4.69) is 20.8 Å². The van der Waals surface area contributed by atoms with E-state index in [1.807, 2.05) is 204 Å². The van der Waals surface area contributed by atoms with Gasteiger partial charge in [0.05, 0.1) is 74.6 Å². The van der Waals surface area contributed by atoms with E-state index in [0.717, 1.165) is 20.3 Å². The highest BCUT2D eigenvalue weighted by atomic mass is 15.2. The molecule has 0 aliphatic carbocycles. The van der Waals surface area contributed by atoms with Crippen molar-refractivity contribution >= 4 is 101 Å². The van der Waals surface area contributed by atoms with Crippen LogP contribution in [-0.4, -0.2) is 15.8 Å². The fraction of sp³-hybridized carbons (Fsp3) is 0.118. The van der Waals surface area contributed by atoms with Gasteiger partial charge in [-0.2, -0.15) is 0 Å². The van der Waals surface area contributed by atoms with Gasteiger partial charge in [0.15, 0.2) is 0 Å². The maximum Gasteiger partial charge on any atom is 0.252 e. The van der Waals surface area contributed by atoms with Gasteiger partial charge in [-0.25, -0.2) is 0 Å². The van der Waals surface area contributed by atoms with Crippen molar-refractivity contribution in [2.45, 2.75) is 78.6 Å². The van der Waals surface area contributed by atoms with Crippen LogP contribution in [0.25, 0.3) is 122 Å². The number of nitrogens with zero attached hydrogens (tertiary/aromatic N) is 4. The van der Waals surface area contributed by atoms with Gasteiger partial charge in [0.2, 0.25) is 0 Å². The highest BCUT2D eigenvalue weighted by Gasteiger charge is 2.47. The van der Waals surface area contributed by atoms with Crippen LogP contribution in [0.1, 0.15) is 120 Å². The first-order chi connectivity index (χ1) is 64.5. The molecule has 0 saturated heterocycles.